The van der Waals surface area contributed by atoms with Crippen molar-refractivity contribution >= 4 is 10.0 Å². The van der Waals surface area contributed by atoms with Crippen molar-refractivity contribution in [1.82, 2.24) is 14.2 Å². The summed E-state index contributed by atoms with van der Waals surface area (Å²) in [6, 6.07) is 17.6. The smallest absolute Gasteiger partial charge is 0.246 e. The number of hydrogen-bond acceptors (Lipinski definition) is 5. The molecule has 2 aromatic carbocycles. The van der Waals surface area contributed by atoms with Gasteiger partial charge in [-0.05, 0) is 60.3 Å². The predicted octanol–water partition coefficient (Wildman–Crippen LogP) is 3.50. The zero-order valence-electron chi connectivity index (χ0n) is 18.8. The fourth-order valence-electron chi connectivity index (χ4n) is 5.36. The van der Waals surface area contributed by atoms with Gasteiger partial charge in [-0.2, -0.15) is 4.31 Å². The molecule has 0 saturated carbocycles. The summed E-state index contributed by atoms with van der Waals surface area (Å²) >= 11 is 0. The number of nitrogens with zero attached hydrogens (tertiary/aromatic N) is 3. The maximum atomic E-state index is 14.4. The van der Waals surface area contributed by atoms with Crippen LogP contribution in [-0.2, 0) is 10.0 Å². The number of halogens is 1. The maximum Gasteiger partial charge on any atom is 0.246 e. The van der Waals surface area contributed by atoms with Gasteiger partial charge < -0.3 is 5.11 Å². The topological polar surface area (TPSA) is 73.7 Å². The number of benzene rings is 2. The Morgan fingerprint density at radius 3 is 2.32 bits per heavy atom. The van der Waals surface area contributed by atoms with E-state index in [1.165, 1.54) is 22.5 Å². The molecule has 5 rings (SSSR count). The van der Waals surface area contributed by atoms with Gasteiger partial charge in [-0.25, -0.2) is 12.8 Å². The standard InChI is InChI=1S/C26H28FN3O3S/c27-22-5-1-2-6-25(22)34(32,33)29-15-3-4-16-30-23(17-29)26(24(30)18-31)21-9-7-19(8-10-21)20-11-13-28-14-12-20/h1-2,5-14,23-24,26,31H,3-4,15-18H2/t23-,24-,26+/m1/s1. The molecule has 3 atom stereocenters. The van der Waals surface area contributed by atoms with Crippen LogP contribution in [0.1, 0.15) is 24.3 Å². The normalized spacial score (nSPS) is 24.0. The second-order valence-electron chi connectivity index (χ2n) is 8.94. The van der Waals surface area contributed by atoms with Crippen LogP contribution in [0.2, 0.25) is 0 Å². The summed E-state index contributed by atoms with van der Waals surface area (Å²) in [6.07, 6.45) is 5.03. The summed E-state index contributed by atoms with van der Waals surface area (Å²) in [5.74, 6) is -0.737. The lowest BCUT2D eigenvalue weighted by molar-refractivity contribution is -0.0554. The monoisotopic (exact) mass is 481 g/mol. The average Bonchev–Trinajstić information content (AvgIpc) is 2.84. The molecule has 0 spiro atoms. The average molecular weight is 482 g/mol. The lowest BCUT2D eigenvalue weighted by Gasteiger charge is -2.57. The van der Waals surface area contributed by atoms with Crippen LogP contribution in [-0.4, -0.2) is 66.0 Å². The molecule has 34 heavy (non-hydrogen) atoms. The van der Waals surface area contributed by atoms with Crippen LogP contribution in [0.4, 0.5) is 4.39 Å². The molecule has 0 radical (unpaired) electrons. The second kappa shape index (κ2) is 9.54. The molecule has 0 unspecified atom stereocenters. The van der Waals surface area contributed by atoms with Gasteiger partial charge in [0.15, 0.2) is 0 Å². The van der Waals surface area contributed by atoms with E-state index in [1.807, 2.05) is 12.1 Å². The molecule has 0 amide bonds. The maximum absolute atomic E-state index is 14.4. The number of fused-ring (bicyclic) bond motifs is 1. The highest BCUT2D eigenvalue weighted by Gasteiger charge is 2.50. The number of sulfonamides is 1. The van der Waals surface area contributed by atoms with Crippen molar-refractivity contribution in [2.45, 2.75) is 35.7 Å². The van der Waals surface area contributed by atoms with Gasteiger partial charge in [-0.3, -0.25) is 9.88 Å². The molecule has 2 aliphatic heterocycles. The van der Waals surface area contributed by atoms with Gasteiger partial charge in [0.2, 0.25) is 10.0 Å². The summed E-state index contributed by atoms with van der Waals surface area (Å²) in [7, 11) is -3.96. The van der Waals surface area contributed by atoms with Crippen molar-refractivity contribution in [3.63, 3.8) is 0 Å². The Morgan fingerprint density at radius 1 is 0.941 bits per heavy atom. The van der Waals surface area contributed by atoms with Gasteiger partial charge in [0, 0.05) is 43.5 Å². The first-order valence-corrected chi connectivity index (χ1v) is 13.1. The number of aromatic nitrogens is 1. The van der Waals surface area contributed by atoms with Gasteiger partial charge in [0.05, 0.1) is 6.61 Å². The third kappa shape index (κ3) is 4.15. The zero-order chi connectivity index (χ0) is 23.7. The Balaban J connectivity index is 1.44. The highest BCUT2D eigenvalue weighted by molar-refractivity contribution is 7.89. The zero-order valence-corrected chi connectivity index (χ0v) is 19.6. The van der Waals surface area contributed by atoms with E-state index in [-0.39, 0.29) is 36.0 Å². The van der Waals surface area contributed by atoms with Crippen LogP contribution in [0.3, 0.4) is 0 Å². The fourth-order valence-corrected chi connectivity index (χ4v) is 6.92. The van der Waals surface area contributed by atoms with Crippen molar-refractivity contribution < 1.29 is 17.9 Å². The molecule has 178 valence electrons. The van der Waals surface area contributed by atoms with Crippen LogP contribution in [0.5, 0.6) is 0 Å². The van der Waals surface area contributed by atoms with Gasteiger partial charge >= 0.3 is 0 Å². The molecule has 0 aliphatic carbocycles. The summed E-state index contributed by atoms with van der Waals surface area (Å²) < 4.78 is 42.5. The number of hydrogen-bond donors (Lipinski definition) is 1. The third-order valence-electron chi connectivity index (χ3n) is 7.10. The highest BCUT2D eigenvalue weighted by Crippen LogP contribution is 2.43. The molecule has 6 nitrogen and oxygen atoms in total. The van der Waals surface area contributed by atoms with E-state index < -0.39 is 15.8 Å². The van der Waals surface area contributed by atoms with Crippen molar-refractivity contribution in [2.24, 2.45) is 0 Å². The molecular weight excluding hydrogens is 453 g/mol. The third-order valence-corrected chi connectivity index (χ3v) is 8.99. The van der Waals surface area contributed by atoms with E-state index in [1.54, 1.807) is 18.5 Å². The molecular formula is C26H28FN3O3S. The summed E-state index contributed by atoms with van der Waals surface area (Å²) in [5, 5.41) is 10.2. The fraction of sp³-hybridized carbons (Fsp3) is 0.346. The Labute approximate surface area is 199 Å². The second-order valence-corrected chi connectivity index (χ2v) is 10.8. The van der Waals surface area contributed by atoms with Crippen molar-refractivity contribution in [1.29, 1.82) is 0 Å². The number of aliphatic hydroxyl groups excluding tert-OH is 1. The van der Waals surface area contributed by atoms with Gasteiger partial charge in [0.1, 0.15) is 10.7 Å². The molecule has 2 aliphatic rings. The molecule has 2 saturated heterocycles. The minimum atomic E-state index is -3.96. The molecule has 0 bridgehead atoms. The number of pyridine rings is 1. The molecule has 3 heterocycles. The Hall–Kier alpha value is -2.65. The Kier molecular flexibility index (Phi) is 6.48. The van der Waals surface area contributed by atoms with Crippen LogP contribution >= 0.6 is 0 Å². The van der Waals surface area contributed by atoms with Gasteiger partial charge in [-0.15, -0.1) is 0 Å². The number of aliphatic hydroxyl groups is 1. The summed E-state index contributed by atoms with van der Waals surface area (Å²) in [6.45, 7) is 1.45. The minimum absolute atomic E-state index is 0.00656. The van der Waals surface area contributed by atoms with Gasteiger partial charge in [-0.1, -0.05) is 36.4 Å². The van der Waals surface area contributed by atoms with E-state index in [9.17, 15) is 17.9 Å². The van der Waals surface area contributed by atoms with Crippen LogP contribution in [0, 0.1) is 5.82 Å². The quantitative estimate of drug-likeness (QED) is 0.604. The number of rotatable bonds is 5. The Bertz CT molecular complexity index is 1240. The van der Waals surface area contributed by atoms with E-state index >= 15 is 0 Å². The summed E-state index contributed by atoms with van der Waals surface area (Å²) in [4.78, 5) is 6.00. The van der Waals surface area contributed by atoms with Crippen LogP contribution < -0.4 is 0 Å². The first-order chi connectivity index (χ1) is 16.5. The largest absolute Gasteiger partial charge is 0.395 e. The van der Waals surface area contributed by atoms with Crippen LogP contribution in [0.15, 0.2) is 78.0 Å². The lowest BCUT2D eigenvalue weighted by atomic mass is 9.74. The molecule has 1 N–H and O–H groups in total. The minimum Gasteiger partial charge on any atom is -0.395 e. The molecule has 3 aromatic rings. The molecule has 1 aromatic heterocycles. The van der Waals surface area contributed by atoms with Crippen molar-refractivity contribution in [3.8, 4) is 11.1 Å². The predicted molar refractivity (Wildman–Crippen MR) is 128 cm³/mol. The lowest BCUT2D eigenvalue weighted by Crippen LogP contribution is -2.67. The van der Waals surface area contributed by atoms with E-state index in [4.69, 9.17) is 0 Å². The Morgan fingerprint density at radius 2 is 1.62 bits per heavy atom. The van der Waals surface area contributed by atoms with E-state index in [0.29, 0.717) is 13.0 Å². The summed E-state index contributed by atoms with van der Waals surface area (Å²) in [5.41, 5.74) is 3.22. The van der Waals surface area contributed by atoms with Crippen molar-refractivity contribution in [3.05, 3.63) is 84.4 Å². The van der Waals surface area contributed by atoms with E-state index in [2.05, 4.69) is 34.1 Å². The molecule has 2 fully saturated rings. The highest BCUT2D eigenvalue weighted by atomic mass is 32.2. The first-order valence-electron chi connectivity index (χ1n) is 11.6. The van der Waals surface area contributed by atoms with E-state index in [0.717, 1.165) is 29.7 Å². The van der Waals surface area contributed by atoms with Crippen LogP contribution in [0.25, 0.3) is 11.1 Å². The molecule has 8 heteroatoms. The van der Waals surface area contributed by atoms with Gasteiger partial charge in [0.25, 0.3) is 0 Å². The first kappa shape index (κ1) is 23.1. The SMILES string of the molecule is O=S(=O)(c1ccccc1F)N1CCCCN2[C@H](CO)[C@@H](c3ccc(-c4ccncc4)cc3)[C@H]2C1. The van der Waals surface area contributed by atoms with Crippen molar-refractivity contribution in [2.75, 3.05) is 26.2 Å².